The second-order valence-electron chi connectivity index (χ2n) is 4.96. The lowest BCUT2D eigenvalue weighted by molar-refractivity contribution is 0.0591. The molecule has 1 N–H and O–H groups in total. The van der Waals surface area contributed by atoms with Crippen LogP contribution in [0.15, 0.2) is 11.7 Å². The van der Waals surface area contributed by atoms with Gasteiger partial charge in [-0.05, 0) is 25.9 Å². The van der Waals surface area contributed by atoms with Crippen LogP contribution in [0.25, 0.3) is 0 Å². The number of thiazole rings is 1. The van der Waals surface area contributed by atoms with Crippen LogP contribution in [0.1, 0.15) is 39.8 Å². The molecule has 8 heteroatoms. The maximum Gasteiger partial charge on any atom is 0.360 e. The van der Waals surface area contributed by atoms with Gasteiger partial charge in [0, 0.05) is 17.0 Å². The van der Waals surface area contributed by atoms with E-state index in [1.54, 1.807) is 16.8 Å². The Hall–Kier alpha value is -1.80. The SMILES string of the molecule is COC(=O)c1nnn(Cc2cncs2)c1C1CCNCC1. The molecule has 0 amide bonds. The van der Waals surface area contributed by atoms with Crippen LogP contribution in [0, 0.1) is 0 Å². The van der Waals surface area contributed by atoms with Crippen LogP contribution >= 0.6 is 11.3 Å². The number of piperidine rings is 1. The van der Waals surface area contributed by atoms with Crippen LogP contribution in [0.3, 0.4) is 0 Å². The molecule has 112 valence electrons. The molecule has 1 saturated heterocycles. The van der Waals surface area contributed by atoms with Crippen molar-refractivity contribution >= 4 is 17.3 Å². The van der Waals surface area contributed by atoms with E-state index in [1.807, 2.05) is 10.9 Å². The average molecular weight is 307 g/mol. The molecule has 1 aliphatic heterocycles. The van der Waals surface area contributed by atoms with E-state index in [-0.39, 0.29) is 5.92 Å². The molecule has 0 atom stereocenters. The van der Waals surface area contributed by atoms with Crippen LogP contribution in [-0.4, -0.2) is 46.1 Å². The summed E-state index contributed by atoms with van der Waals surface area (Å²) in [6.07, 6.45) is 3.76. The van der Waals surface area contributed by atoms with Crippen molar-refractivity contribution in [2.75, 3.05) is 20.2 Å². The number of esters is 1. The molecule has 0 radical (unpaired) electrons. The highest BCUT2D eigenvalue weighted by atomic mass is 32.1. The molecule has 1 fully saturated rings. The van der Waals surface area contributed by atoms with E-state index in [0.717, 1.165) is 36.5 Å². The number of hydrogen-bond donors (Lipinski definition) is 1. The second-order valence-corrected chi connectivity index (χ2v) is 5.94. The number of nitrogens with zero attached hydrogens (tertiary/aromatic N) is 4. The number of carbonyl (C=O) groups is 1. The highest BCUT2D eigenvalue weighted by Crippen LogP contribution is 2.28. The fraction of sp³-hybridized carbons (Fsp3) is 0.538. The summed E-state index contributed by atoms with van der Waals surface area (Å²) in [5.41, 5.74) is 3.02. The molecule has 2 aromatic rings. The van der Waals surface area contributed by atoms with E-state index < -0.39 is 5.97 Å². The first-order valence-electron chi connectivity index (χ1n) is 6.89. The van der Waals surface area contributed by atoms with Gasteiger partial charge in [-0.3, -0.25) is 4.98 Å². The smallest absolute Gasteiger partial charge is 0.360 e. The molecule has 0 aromatic carbocycles. The van der Waals surface area contributed by atoms with Gasteiger partial charge in [-0.15, -0.1) is 16.4 Å². The average Bonchev–Trinajstić information content (AvgIpc) is 3.17. The van der Waals surface area contributed by atoms with Crippen molar-refractivity contribution < 1.29 is 9.53 Å². The zero-order valence-corrected chi connectivity index (χ0v) is 12.6. The Morgan fingerprint density at radius 3 is 3.00 bits per heavy atom. The predicted octanol–water partition coefficient (Wildman–Crippen LogP) is 1.04. The third-order valence-corrected chi connectivity index (χ3v) is 4.43. The zero-order chi connectivity index (χ0) is 14.7. The maximum atomic E-state index is 11.9. The van der Waals surface area contributed by atoms with Crippen molar-refractivity contribution in [3.63, 3.8) is 0 Å². The van der Waals surface area contributed by atoms with Crippen molar-refractivity contribution in [2.24, 2.45) is 0 Å². The summed E-state index contributed by atoms with van der Waals surface area (Å²) in [7, 11) is 1.37. The molecule has 21 heavy (non-hydrogen) atoms. The highest BCUT2D eigenvalue weighted by molar-refractivity contribution is 7.09. The zero-order valence-electron chi connectivity index (χ0n) is 11.8. The summed E-state index contributed by atoms with van der Waals surface area (Å²) < 4.78 is 6.65. The van der Waals surface area contributed by atoms with Gasteiger partial charge in [-0.1, -0.05) is 5.21 Å². The van der Waals surface area contributed by atoms with Crippen molar-refractivity contribution in [1.82, 2.24) is 25.3 Å². The molecule has 0 spiro atoms. The first-order valence-corrected chi connectivity index (χ1v) is 7.77. The normalized spacial score (nSPS) is 16.0. The third-order valence-electron chi connectivity index (χ3n) is 3.67. The van der Waals surface area contributed by atoms with Gasteiger partial charge in [0.1, 0.15) is 0 Å². The second kappa shape index (κ2) is 6.31. The quantitative estimate of drug-likeness (QED) is 0.850. The molecule has 7 nitrogen and oxygen atoms in total. The topological polar surface area (TPSA) is 81.9 Å². The summed E-state index contributed by atoms with van der Waals surface area (Å²) in [4.78, 5) is 17.1. The summed E-state index contributed by atoms with van der Waals surface area (Å²) in [6.45, 7) is 2.47. The lowest BCUT2D eigenvalue weighted by Crippen LogP contribution is -2.29. The van der Waals surface area contributed by atoms with E-state index >= 15 is 0 Å². The summed E-state index contributed by atoms with van der Waals surface area (Å²) in [6, 6.07) is 0. The largest absolute Gasteiger partial charge is 0.464 e. The highest BCUT2D eigenvalue weighted by Gasteiger charge is 2.28. The number of nitrogens with one attached hydrogen (secondary N) is 1. The number of ether oxygens (including phenoxy) is 1. The van der Waals surface area contributed by atoms with Crippen molar-refractivity contribution in [2.45, 2.75) is 25.3 Å². The van der Waals surface area contributed by atoms with Crippen LogP contribution in [0.5, 0.6) is 0 Å². The molecule has 3 heterocycles. The molecule has 1 aliphatic rings. The number of methoxy groups -OCH3 is 1. The van der Waals surface area contributed by atoms with Gasteiger partial charge in [0.05, 0.1) is 24.9 Å². The summed E-state index contributed by atoms with van der Waals surface area (Å²) >= 11 is 1.57. The van der Waals surface area contributed by atoms with E-state index in [9.17, 15) is 4.79 Å². The monoisotopic (exact) mass is 307 g/mol. The maximum absolute atomic E-state index is 11.9. The lowest BCUT2D eigenvalue weighted by Gasteiger charge is -2.23. The van der Waals surface area contributed by atoms with Gasteiger partial charge in [-0.25, -0.2) is 9.48 Å². The van der Waals surface area contributed by atoms with Gasteiger partial charge in [0.15, 0.2) is 5.69 Å². The Bertz CT molecular complexity index is 604. The minimum atomic E-state index is -0.418. The van der Waals surface area contributed by atoms with Crippen LogP contribution in [-0.2, 0) is 11.3 Å². The number of hydrogen-bond acceptors (Lipinski definition) is 7. The number of aromatic nitrogens is 4. The first-order chi connectivity index (χ1) is 10.3. The fourth-order valence-electron chi connectivity index (χ4n) is 2.65. The number of carbonyl (C=O) groups excluding carboxylic acids is 1. The molecule has 2 aromatic heterocycles. The lowest BCUT2D eigenvalue weighted by atomic mass is 9.93. The first kappa shape index (κ1) is 14.2. The van der Waals surface area contributed by atoms with E-state index in [4.69, 9.17) is 4.74 Å². The van der Waals surface area contributed by atoms with Gasteiger partial charge in [0.2, 0.25) is 0 Å². The Morgan fingerprint density at radius 2 is 2.33 bits per heavy atom. The standard InChI is InChI=1S/C13H17N5O2S/c1-20-13(19)11-12(9-2-4-14-5-3-9)18(17-16-11)7-10-6-15-8-21-10/h6,8-9,14H,2-5,7H2,1H3. The fourth-order valence-corrected chi connectivity index (χ4v) is 3.22. The van der Waals surface area contributed by atoms with Gasteiger partial charge < -0.3 is 10.1 Å². The Kier molecular flexibility index (Phi) is 4.26. The van der Waals surface area contributed by atoms with E-state index in [2.05, 4.69) is 20.6 Å². The Labute approximate surface area is 126 Å². The molecule has 3 rings (SSSR count). The summed E-state index contributed by atoms with van der Waals surface area (Å²) in [5, 5.41) is 11.5. The molecule has 0 bridgehead atoms. The van der Waals surface area contributed by atoms with Gasteiger partial charge >= 0.3 is 5.97 Å². The Balaban J connectivity index is 1.94. The minimum absolute atomic E-state index is 0.281. The van der Waals surface area contributed by atoms with Crippen molar-refractivity contribution in [3.8, 4) is 0 Å². The summed E-state index contributed by atoms with van der Waals surface area (Å²) in [5.74, 6) is -0.137. The van der Waals surface area contributed by atoms with Gasteiger partial charge in [-0.2, -0.15) is 0 Å². The van der Waals surface area contributed by atoms with Crippen LogP contribution in [0.4, 0.5) is 0 Å². The van der Waals surface area contributed by atoms with Crippen molar-refractivity contribution in [3.05, 3.63) is 28.0 Å². The molecular weight excluding hydrogens is 290 g/mol. The molecule has 0 aliphatic carbocycles. The third kappa shape index (κ3) is 2.96. The molecule has 0 unspecified atom stereocenters. The van der Waals surface area contributed by atoms with Gasteiger partial charge in [0.25, 0.3) is 0 Å². The predicted molar refractivity (Wildman–Crippen MR) is 77.4 cm³/mol. The van der Waals surface area contributed by atoms with Crippen LogP contribution in [0.2, 0.25) is 0 Å². The Morgan fingerprint density at radius 1 is 1.52 bits per heavy atom. The number of rotatable bonds is 4. The molecule has 0 saturated carbocycles. The molecular formula is C13H17N5O2S. The van der Waals surface area contributed by atoms with E-state index in [0.29, 0.717) is 12.2 Å². The van der Waals surface area contributed by atoms with Crippen LogP contribution < -0.4 is 5.32 Å². The van der Waals surface area contributed by atoms with E-state index in [1.165, 1.54) is 7.11 Å². The van der Waals surface area contributed by atoms with Crippen molar-refractivity contribution in [1.29, 1.82) is 0 Å². The minimum Gasteiger partial charge on any atom is -0.464 e.